The number of carbonyl (C=O) groups excluding carboxylic acids is 1. The van der Waals surface area contributed by atoms with Crippen molar-refractivity contribution < 1.29 is 9.53 Å². The fourth-order valence-electron chi connectivity index (χ4n) is 1.41. The van der Waals surface area contributed by atoms with Gasteiger partial charge in [0.1, 0.15) is 0 Å². The molecule has 2 N–H and O–H groups in total. The third-order valence-electron chi connectivity index (χ3n) is 2.52. The van der Waals surface area contributed by atoms with E-state index in [-0.39, 0.29) is 11.9 Å². The Morgan fingerprint density at radius 1 is 1.41 bits per heavy atom. The average molecular weight is 233 g/mol. The summed E-state index contributed by atoms with van der Waals surface area (Å²) in [6.07, 6.45) is 2.87. The fourth-order valence-corrected chi connectivity index (χ4v) is 1.41. The largest absolute Gasteiger partial charge is 0.372 e. The standard InChI is InChI=1S/C14H19NO2/c1-3-7-13(16)14(15)11(2)17-10-12-8-5-4-6-9-12/h3-9,11,14H,10,15H2,1-2H3/b7-3+. The molecule has 3 nitrogen and oxygen atoms in total. The van der Waals surface area contributed by atoms with Crippen molar-refractivity contribution in [3.63, 3.8) is 0 Å². The SMILES string of the molecule is C/C=C/C(=O)C(N)C(C)OCc1ccccc1. The average Bonchev–Trinajstić information content (AvgIpc) is 2.36. The fraction of sp³-hybridized carbons (Fsp3) is 0.357. The summed E-state index contributed by atoms with van der Waals surface area (Å²) in [5.41, 5.74) is 6.86. The van der Waals surface area contributed by atoms with Gasteiger partial charge in [0.15, 0.2) is 5.78 Å². The Morgan fingerprint density at radius 3 is 2.65 bits per heavy atom. The van der Waals surface area contributed by atoms with Crippen molar-refractivity contribution in [2.24, 2.45) is 5.73 Å². The van der Waals surface area contributed by atoms with E-state index in [0.717, 1.165) is 5.56 Å². The zero-order valence-electron chi connectivity index (χ0n) is 10.3. The molecule has 0 bridgehead atoms. The lowest BCUT2D eigenvalue weighted by atomic mass is 10.1. The van der Waals surface area contributed by atoms with Crippen LogP contribution in [0.2, 0.25) is 0 Å². The molecule has 0 amide bonds. The van der Waals surface area contributed by atoms with Crippen molar-refractivity contribution in [1.82, 2.24) is 0 Å². The smallest absolute Gasteiger partial charge is 0.174 e. The molecule has 2 atom stereocenters. The maximum absolute atomic E-state index is 11.5. The monoisotopic (exact) mass is 233 g/mol. The van der Waals surface area contributed by atoms with Crippen LogP contribution < -0.4 is 5.73 Å². The Labute approximate surface area is 102 Å². The van der Waals surface area contributed by atoms with Crippen LogP contribution in [0.3, 0.4) is 0 Å². The highest BCUT2D eigenvalue weighted by Gasteiger charge is 2.18. The minimum atomic E-state index is -0.602. The maximum atomic E-state index is 11.5. The zero-order chi connectivity index (χ0) is 12.7. The molecule has 0 aliphatic rings. The Balaban J connectivity index is 2.44. The van der Waals surface area contributed by atoms with Gasteiger partial charge in [-0.15, -0.1) is 0 Å². The summed E-state index contributed by atoms with van der Waals surface area (Å²) >= 11 is 0. The number of allylic oxidation sites excluding steroid dienone is 1. The van der Waals surface area contributed by atoms with Crippen molar-refractivity contribution in [2.45, 2.75) is 32.6 Å². The molecule has 0 heterocycles. The van der Waals surface area contributed by atoms with Gasteiger partial charge in [0.25, 0.3) is 0 Å². The first-order valence-electron chi connectivity index (χ1n) is 5.72. The van der Waals surface area contributed by atoms with Crippen LogP contribution in [0.1, 0.15) is 19.4 Å². The van der Waals surface area contributed by atoms with Crippen LogP contribution in [0.25, 0.3) is 0 Å². The van der Waals surface area contributed by atoms with E-state index in [1.54, 1.807) is 13.0 Å². The van der Waals surface area contributed by atoms with Gasteiger partial charge in [-0.3, -0.25) is 4.79 Å². The minimum Gasteiger partial charge on any atom is -0.372 e. The van der Waals surface area contributed by atoms with Crippen molar-refractivity contribution in [3.8, 4) is 0 Å². The molecule has 2 unspecified atom stereocenters. The molecular weight excluding hydrogens is 214 g/mol. The second kappa shape index (κ2) is 6.99. The molecule has 3 heteroatoms. The molecular formula is C14H19NO2. The highest BCUT2D eigenvalue weighted by molar-refractivity contribution is 5.94. The summed E-state index contributed by atoms with van der Waals surface area (Å²) < 4.78 is 5.58. The van der Waals surface area contributed by atoms with E-state index >= 15 is 0 Å². The molecule has 0 saturated heterocycles. The van der Waals surface area contributed by atoms with Crippen LogP contribution in [0, 0.1) is 0 Å². The number of benzene rings is 1. The number of ether oxygens (including phenoxy) is 1. The Hall–Kier alpha value is -1.45. The number of nitrogens with two attached hydrogens (primary N) is 1. The highest BCUT2D eigenvalue weighted by atomic mass is 16.5. The van der Waals surface area contributed by atoms with Gasteiger partial charge in [-0.25, -0.2) is 0 Å². The van der Waals surface area contributed by atoms with E-state index in [1.807, 2.05) is 37.3 Å². The molecule has 17 heavy (non-hydrogen) atoms. The molecule has 0 fully saturated rings. The van der Waals surface area contributed by atoms with Gasteiger partial charge in [-0.2, -0.15) is 0 Å². The van der Waals surface area contributed by atoms with Crippen molar-refractivity contribution >= 4 is 5.78 Å². The van der Waals surface area contributed by atoms with E-state index in [9.17, 15) is 4.79 Å². The van der Waals surface area contributed by atoms with E-state index in [1.165, 1.54) is 6.08 Å². The van der Waals surface area contributed by atoms with Gasteiger partial charge in [-0.05, 0) is 25.5 Å². The third kappa shape index (κ3) is 4.51. The number of ketones is 1. The van der Waals surface area contributed by atoms with Gasteiger partial charge in [-0.1, -0.05) is 36.4 Å². The Morgan fingerprint density at radius 2 is 2.06 bits per heavy atom. The van der Waals surface area contributed by atoms with Gasteiger partial charge >= 0.3 is 0 Å². The van der Waals surface area contributed by atoms with Crippen LogP contribution in [0.5, 0.6) is 0 Å². The van der Waals surface area contributed by atoms with Crippen LogP contribution in [0.15, 0.2) is 42.5 Å². The maximum Gasteiger partial charge on any atom is 0.174 e. The molecule has 92 valence electrons. The van der Waals surface area contributed by atoms with Gasteiger partial charge in [0, 0.05) is 0 Å². The molecule has 0 aliphatic carbocycles. The van der Waals surface area contributed by atoms with E-state index in [4.69, 9.17) is 10.5 Å². The van der Waals surface area contributed by atoms with E-state index in [2.05, 4.69) is 0 Å². The topological polar surface area (TPSA) is 52.3 Å². The first kappa shape index (κ1) is 13.6. The second-order valence-corrected chi connectivity index (χ2v) is 3.93. The molecule has 0 aliphatic heterocycles. The molecule has 0 saturated carbocycles. The summed E-state index contributed by atoms with van der Waals surface area (Å²) in [6.45, 7) is 4.08. The van der Waals surface area contributed by atoms with Gasteiger partial charge in [0.2, 0.25) is 0 Å². The molecule has 1 aromatic carbocycles. The predicted molar refractivity (Wildman–Crippen MR) is 68.5 cm³/mol. The van der Waals surface area contributed by atoms with Gasteiger partial charge in [0.05, 0.1) is 18.8 Å². The van der Waals surface area contributed by atoms with Crippen LogP contribution in [-0.4, -0.2) is 17.9 Å². The molecule has 0 radical (unpaired) electrons. The zero-order valence-corrected chi connectivity index (χ0v) is 10.3. The number of hydrogen-bond acceptors (Lipinski definition) is 3. The van der Waals surface area contributed by atoms with Crippen LogP contribution in [-0.2, 0) is 16.1 Å². The van der Waals surface area contributed by atoms with Gasteiger partial charge < -0.3 is 10.5 Å². The summed E-state index contributed by atoms with van der Waals surface area (Å²) in [4.78, 5) is 11.5. The number of carbonyl (C=O) groups is 1. The first-order chi connectivity index (χ1) is 8.15. The molecule has 0 spiro atoms. The van der Waals surface area contributed by atoms with Crippen molar-refractivity contribution in [1.29, 1.82) is 0 Å². The predicted octanol–water partition coefficient (Wildman–Crippen LogP) is 2.06. The van der Waals surface area contributed by atoms with Crippen molar-refractivity contribution in [2.75, 3.05) is 0 Å². The highest BCUT2D eigenvalue weighted by Crippen LogP contribution is 2.06. The van der Waals surface area contributed by atoms with Crippen molar-refractivity contribution in [3.05, 3.63) is 48.0 Å². The number of hydrogen-bond donors (Lipinski definition) is 1. The Kier molecular flexibility index (Phi) is 5.60. The lowest BCUT2D eigenvalue weighted by Gasteiger charge is -2.18. The number of rotatable bonds is 6. The van der Waals surface area contributed by atoms with E-state index in [0.29, 0.717) is 6.61 Å². The lowest BCUT2D eigenvalue weighted by Crippen LogP contribution is -2.40. The summed E-state index contributed by atoms with van der Waals surface area (Å²) in [6, 6.07) is 9.21. The van der Waals surface area contributed by atoms with E-state index < -0.39 is 6.04 Å². The summed E-state index contributed by atoms with van der Waals surface area (Å²) in [5, 5.41) is 0. The third-order valence-corrected chi connectivity index (χ3v) is 2.52. The summed E-state index contributed by atoms with van der Waals surface area (Å²) in [5.74, 6) is -0.104. The summed E-state index contributed by atoms with van der Waals surface area (Å²) in [7, 11) is 0. The van der Waals surface area contributed by atoms with Crippen LogP contribution >= 0.6 is 0 Å². The first-order valence-corrected chi connectivity index (χ1v) is 5.72. The second-order valence-electron chi connectivity index (χ2n) is 3.93. The van der Waals surface area contributed by atoms with Crippen LogP contribution in [0.4, 0.5) is 0 Å². The Bertz CT molecular complexity index is 373. The molecule has 1 rings (SSSR count). The quantitative estimate of drug-likeness (QED) is 0.765. The normalized spacial score (nSPS) is 14.8. The lowest BCUT2D eigenvalue weighted by molar-refractivity contribution is -0.119. The molecule has 0 aromatic heterocycles. The minimum absolute atomic E-state index is 0.104. The molecule has 1 aromatic rings.